The number of halogens is 1. The summed E-state index contributed by atoms with van der Waals surface area (Å²) < 4.78 is 16.7. The summed E-state index contributed by atoms with van der Waals surface area (Å²) in [4.78, 5) is 12.4. The molecule has 1 saturated heterocycles. The molecule has 0 aliphatic carbocycles. The first-order valence-corrected chi connectivity index (χ1v) is 6.97. The van der Waals surface area contributed by atoms with E-state index in [1.165, 1.54) is 0 Å². The summed E-state index contributed by atoms with van der Waals surface area (Å²) in [6.07, 6.45) is 1.47. The lowest BCUT2D eigenvalue weighted by Gasteiger charge is -2.14. The third-order valence-corrected chi connectivity index (χ3v) is 3.92. The first-order valence-electron chi connectivity index (χ1n) is 6.18. The molecule has 5 heteroatoms. The Kier molecular flexibility index (Phi) is 4.47. The van der Waals surface area contributed by atoms with E-state index in [9.17, 15) is 4.79 Å². The third kappa shape index (κ3) is 2.92. The molecule has 1 aliphatic heterocycles. The lowest BCUT2D eigenvalue weighted by molar-refractivity contribution is 0.0432. The number of carbonyl (C=O) groups excluding carboxylic acids is 1. The van der Waals surface area contributed by atoms with Gasteiger partial charge in [-0.2, -0.15) is 0 Å². The fourth-order valence-corrected chi connectivity index (χ4v) is 2.73. The molecule has 0 bridgehead atoms. The zero-order valence-electron chi connectivity index (χ0n) is 11.2. The molecule has 0 amide bonds. The van der Waals surface area contributed by atoms with Gasteiger partial charge in [0.05, 0.1) is 20.3 Å². The van der Waals surface area contributed by atoms with E-state index in [-0.39, 0.29) is 18.0 Å². The van der Waals surface area contributed by atoms with E-state index in [4.69, 9.17) is 14.2 Å². The fourth-order valence-electron chi connectivity index (χ4n) is 2.21. The van der Waals surface area contributed by atoms with E-state index in [1.807, 2.05) is 6.92 Å². The first kappa shape index (κ1) is 14.3. The molecule has 1 fully saturated rings. The predicted molar refractivity (Wildman–Crippen MR) is 75.1 cm³/mol. The molecule has 1 aliphatic rings. The van der Waals surface area contributed by atoms with Crippen LogP contribution in [0.1, 0.15) is 30.1 Å². The summed E-state index contributed by atoms with van der Waals surface area (Å²) in [5, 5.41) is 0. The van der Waals surface area contributed by atoms with Crippen LogP contribution in [0.5, 0.6) is 11.5 Å². The second-order valence-electron chi connectivity index (χ2n) is 4.56. The van der Waals surface area contributed by atoms with Crippen LogP contribution in [0.15, 0.2) is 16.6 Å². The molecule has 104 valence electrons. The Morgan fingerprint density at radius 3 is 2.42 bits per heavy atom. The molecule has 1 heterocycles. The van der Waals surface area contributed by atoms with Crippen LogP contribution < -0.4 is 9.47 Å². The Balaban J connectivity index is 2.31. The molecule has 2 rings (SSSR count). The zero-order chi connectivity index (χ0) is 14.0. The smallest absolute Gasteiger partial charge is 0.192 e. The van der Waals surface area contributed by atoms with Crippen LogP contribution >= 0.6 is 15.9 Å². The number of carbonyl (C=O) groups is 1. The first-order chi connectivity index (χ1) is 9.06. The Bertz CT molecular complexity index is 487. The van der Waals surface area contributed by atoms with Crippen molar-refractivity contribution in [3.05, 3.63) is 22.2 Å². The van der Waals surface area contributed by atoms with Crippen LogP contribution in [-0.2, 0) is 4.74 Å². The Hall–Kier alpha value is -1.07. The van der Waals surface area contributed by atoms with Gasteiger partial charge in [-0.3, -0.25) is 4.79 Å². The number of ether oxygens (including phenoxy) is 3. The summed E-state index contributed by atoms with van der Waals surface area (Å²) in [6, 6.07) is 3.43. The average molecular weight is 329 g/mol. The fraction of sp³-hybridized carbons (Fsp3) is 0.500. The van der Waals surface area contributed by atoms with Crippen molar-refractivity contribution in [1.82, 2.24) is 0 Å². The van der Waals surface area contributed by atoms with Gasteiger partial charge in [-0.15, -0.1) is 0 Å². The van der Waals surface area contributed by atoms with E-state index >= 15 is 0 Å². The van der Waals surface area contributed by atoms with Crippen LogP contribution in [0.4, 0.5) is 0 Å². The molecule has 0 aromatic heterocycles. The van der Waals surface area contributed by atoms with Crippen molar-refractivity contribution < 1.29 is 19.0 Å². The minimum atomic E-state index is -0.357. The Morgan fingerprint density at radius 2 is 1.89 bits per heavy atom. The van der Waals surface area contributed by atoms with Gasteiger partial charge >= 0.3 is 0 Å². The van der Waals surface area contributed by atoms with Gasteiger partial charge in [0.2, 0.25) is 0 Å². The van der Waals surface area contributed by atoms with Crippen molar-refractivity contribution in [2.45, 2.75) is 32.0 Å². The van der Waals surface area contributed by atoms with Crippen molar-refractivity contribution >= 4 is 21.7 Å². The number of ketones is 1. The second kappa shape index (κ2) is 5.92. The Morgan fingerprint density at radius 1 is 1.26 bits per heavy atom. The van der Waals surface area contributed by atoms with Crippen molar-refractivity contribution in [3.8, 4) is 11.5 Å². The van der Waals surface area contributed by atoms with E-state index in [2.05, 4.69) is 15.9 Å². The molecule has 1 aromatic carbocycles. The largest absolute Gasteiger partial charge is 0.493 e. The standard InChI is InChI=1S/C14H17BrO4/c1-8-4-5-11(19-8)14(16)9-6-12(17-2)13(18-3)7-10(9)15/h6-8,11H,4-5H2,1-3H3. The van der Waals surface area contributed by atoms with Crippen molar-refractivity contribution in [2.24, 2.45) is 0 Å². The molecule has 19 heavy (non-hydrogen) atoms. The highest BCUT2D eigenvalue weighted by atomic mass is 79.9. The molecule has 2 atom stereocenters. The zero-order valence-corrected chi connectivity index (χ0v) is 12.8. The maximum absolute atomic E-state index is 12.4. The molecule has 1 aromatic rings. The number of hydrogen-bond donors (Lipinski definition) is 0. The van der Waals surface area contributed by atoms with Gasteiger partial charge in [-0.25, -0.2) is 0 Å². The van der Waals surface area contributed by atoms with Crippen LogP contribution in [0.2, 0.25) is 0 Å². The third-order valence-electron chi connectivity index (χ3n) is 3.26. The van der Waals surface area contributed by atoms with E-state index in [0.29, 0.717) is 21.5 Å². The summed E-state index contributed by atoms with van der Waals surface area (Å²) in [5.41, 5.74) is 0.566. The monoisotopic (exact) mass is 328 g/mol. The Labute approximate surface area is 121 Å². The topological polar surface area (TPSA) is 44.8 Å². The average Bonchev–Trinajstić information content (AvgIpc) is 2.84. The summed E-state index contributed by atoms with van der Waals surface area (Å²) in [5.74, 6) is 1.11. The maximum Gasteiger partial charge on any atom is 0.192 e. The van der Waals surface area contributed by atoms with E-state index in [0.717, 1.165) is 12.8 Å². The number of methoxy groups -OCH3 is 2. The van der Waals surface area contributed by atoms with Gasteiger partial charge in [0.15, 0.2) is 17.3 Å². The van der Waals surface area contributed by atoms with Crippen LogP contribution in [0.25, 0.3) is 0 Å². The van der Waals surface area contributed by atoms with E-state index < -0.39 is 0 Å². The molecule has 0 spiro atoms. The number of hydrogen-bond acceptors (Lipinski definition) is 4. The second-order valence-corrected chi connectivity index (χ2v) is 5.42. The predicted octanol–water partition coefficient (Wildman–Crippen LogP) is 3.22. The van der Waals surface area contributed by atoms with Crippen LogP contribution in [0, 0.1) is 0 Å². The quantitative estimate of drug-likeness (QED) is 0.796. The molecule has 0 saturated carbocycles. The van der Waals surface area contributed by atoms with Crippen LogP contribution in [0.3, 0.4) is 0 Å². The highest BCUT2D eigenvalue weighted by molar-refractivity contribution is 9.10. The normalized spacial score (nSPS) is 22.3. The molecular formula is C14H17BrO4. The number of rotatable bonds is 4. The molecule has 4 nitrogen and oxygen atoms in total. The minimum Gasteiger partial charge on any atom is -0.493 e. The van der Waals surface area contributed by atoms with Crippen molar-refractivity contribution in [2.75, 3.05) is 14.2 Å². The minimum absolute atomic E-state index is 0.0165. The molecule has 0 radical (unpaired) electrons. The lowest BCUT2D eigenvalue weighted by atomic mass is 10.0. The molecule has 0 N–H and O–H groups in total. The highest BCUT2D eigenvalue weighted by Crippen LogP contribution is 2.35. The summed E-state index contributed by atoms with van der Waals surface area (Å²) >= 11 is 3.40. The van der Waals surface area contributed by atoms with Gasteiger partial charge in [-0.05, 0) is 47.8 Å². The van der Waals surface area contributed by atoms with Gasteiger partial charge in [0.1, 0.15) is 6.10 Å². The van der Waals surface area contributed by atoms with E-state index in [1.54, 1.807) is 26.4 Å². The number of benzene rings is 1. The summed E-state index contributed by atoms with van der Waals surface area (Å²) in [6.45, 7) is 1.98. The number of Topliss-reactive ketones (excluding diaryl/α,β-unsaturated/α-hetero) is 1. The van der Waals surface area contributed by atoms with Crippen molar-refractivity contribution in [3.63, 3.8) is 0 Å². The molecule has 2 unspecified atom stereocenters. The maximum atomic E-state index is 12.4. The lowest BCUT2D eigenvalue weighted by Crippen LogP contribution is -2.21. The van der Waals surface area contributed by atoms with Gasteiger partial charge < -0.3 is 14.2 Å². The highest BCUT2D eigenvalue weighted by Gasteiger charge is 2.30. The molecular weight excluding hydrogens is 312 g/mol. The van der Waals surface area contributed by atoms with Crippen LogP contribution in [-0.4, -0.2) is 32.2 Å². The van der Waals surface area contributed by atoms with Gasteiger partial charge in [-0.1, -0.05) is 0 Å². The summed E-state index contributed by atoms with van der Waals surface area (Å²) in [7, 11) is 3.11. The van der Waals surface area contributed by atoms with Gasteiger partial charge in [0, 0.05) is 10.0 Å². The van der Waals surface area contributed by atoms with Gasteiger partial charge in [0.25, 0.3) is 0 Å². The SMILES string of the molecule is COc1cc(Br)c(C(=O)C2CCC(C)O2)cc1OC. The van der Waals surface area contributed by atoms with Crippen molar-refractivity contribution in [1.29, 1.82) is 0 Å².